The smallest absolute Gasteiger partial charge is 0.343 e. The van der Waals surface area contributed by atoms with Crippen molar-refractivity contribution in [2.24, 2.45) is 0 Å². The van der Waals surface area contributed by atoms with E-state index in [0.717, 1.165) is 16.5 Å². The first-order valence-corrected chi connectivity index (χ1v) is 5.57. The Hall–Kier alpha value is -1.53. The maximum atomic E-state index is 10.5. The van der Waals surface area contributed by atoms with Gasteiger partial charge in [-0.05, 0) is 19.1 Å². The van der Waals surface area contributed by atoms with Crippen LogP contribution in [0.1, 0.15) is 5.56 Å². The quantitative estimate of drug-likeness (QED) is 0.764. The maximum Gasteiger partial charge on any atom is 0.447 e. The second kappa shape index (κ2) is 3.25. The van der Waals surface area contributed by atoms with Crippen molar-refractivity contribution >= 4 is 21.3 Å². The number of H-pyrrole nitrogens is 1. The van der Waals surface area contributed by atoms with Gasteiger partial charge in [0.15, 0.2) is 0 Å². The van der Waals surface area contributed by atoms with Crippen LogP contribution in [0.2, 0.25) is 0 Å². The molecule has 0 aliphatic rings. The van der Waals surface area contributed by atoms with E-state index in [2.05, 4.69) is 9.17 Å². The van der Waals surface area contributed by atoms with Gasteiger partial charge >= 0.3 is 10.4 Å². The van der Waals surface area contributed by atoms with Crippen molar-refractivity contribution in [2.75, 3.05) is 0 Å². The van der Waals surface area contributed by atoms with E-state index in [4.69, 9.17) is 4.55 Å². The molecule has 2 aromatic rings. The summed E-state index contributed by atoms with van der Waals surface area (Å²) in [6.07, 6.45) is 0. The summed E-state index contributed by atoms with van der Waals surface area (Å²) >= 11 is 0. The number of aryl methyl sites for hydroxylation is 1. The monoisotopic (exact) mass is 227 g/mol. The first-order chi connectivity index (χ1) is 6.94. The van der Waals surface area contributed by atoms with E-state index in [9.17, 15) is 8.42 Å². The van der Waals surface area contributed by atoms with Crippen molar-refractivity contribution in [2.45, 2.75) is 6.92 Å². The number of hydrogen-bond acceptors (Lipinski definition) is 3. The van der Waals surface area contributed by atoms with Crippen molar-refractivity contribution in [3.05, 3.63) is 29.8 Å². The van der Waals surface area contributed by atoms with Gasteiger partial charge in [-0.1, -0.05) is 11.6 Å². The van der Waals surface area contributed by atoms with Gasteiger partial charge in [0.2, 0.25) is 5.88 Å². The van der Waals surface area contributed by atoms with Crippen LogP contribution < -0.4 is 4.18 Å². The average Bonchev–Trinajstić information content (AvgIpc) is 2.42. The summed E-state index contributed by atoms with van der Waals surface area (Å²) in [6, 6.07) is 7.08. The highest BCUT2D eigenvalue weighted by Gasteiger charge is 2.09. The normalized spacial score (nSPS) is 11.9. The lowest BCUT2D eigenvalue weighted by molar-refractivity contribution is 0.382. The van der Waals surface area contributed by atoms with Gasteiger partial charge in [0.1, 0.15) is 0 Å². The Kier molecular flexibility index (Phi) is 2.17. The number of aromatic nitrogens is 1. The number of nitrogens with one attached hydrogen (secondary N) is 1. The van der Waals surface area contributed by atoms with Crippen LogP contribution in [-0.2, 0) is 10.4 Å². The molecule has 6 heteroatoms. The predicted octanol–water partition coefficient (Wildman–Crippen LogP) is 1.66. The van der Waals surface area contributed by atoms with E-state index in [-0.39, 0.29) is 5.88 Å². The molecule has 80 valence electrons. The van der Waals surface area contributed by atoms with Crippen molar-refractivity contribution in [1.82, 2.24) is 4.98 Å². The largest absolute Gasteiger partial charge is 0.447 e. The maximum absolute atomic E-state index is 10.5. The van der Waals surface area contributed by atoms with Crippen molar-refractivity contribution in [3.63, 3.8) is 0 Å². The molecule has 0 saturated carbocycles. The van der Waals surface area contributed by atoms with Crippen molar-refractivity contribution in [3.8, 4) is 5.88 Å². The summed E-state index contributed by atoms with van der Waals surface area (Å²) in [5, 5.41) is 0.827. The average molecular weight is 227 g/mol. The van der Waals surface area contributed by atoms with Crippen LogP contribution in [-0.4, -0.2) is 18.0 Å². The number of aromatic amines is 1. The van der Waals surface area contributed by atoms with Crippen molar-refractivity contribution < 1.29 is 17.2 Å². The molecular formula is C9H9NO4S. The van der Waals surface area contributed by atoms with Crippen LogP contribution in [0.15, 0.2) is 24.3 Å². The van der Waals surface area contributed by atoms with Crippen molar-refractivity contribution in [1.29, 1.82) is 0 Å². The highest BCUT2D eigenvalue weighted by molar-refractivity contribution is 7.81. The second-order valence-electron chi connectivity index (χ2n) is 3.24. The fourth-order valence-corrected chi connectivity index (χ4v) is 1.70. The molecule has 0 fully saturated rings. The Bertz CT molecular complexity index is 600. The molecule has 0 aliphatic carbocycles. The Morgan fingerprint density at radius 2 is 2.07 bits per heavy atom. The van der Waals surface area contributed by atoms with E-state index in [1.807, 2.05) is 25.1 Å². The zero-order chi connectivity index (χ0) is 11.1. The van der Waals surface area contributed by atoms with Gasteiger partial charge in [0.25, 0.3) is 0 Å². The summed E-state index contributed by atoms with van der Waals surface area (Å²) in [5.74, 6) is -0.00176. The van der Waals surface area contributed by atoms with Crippen LogP contribution in [0, 0.1) is 6.92 Å². The standard InChI is InChI=1S/C9H9NO4S/c1-6-2-3-8-7(4-6)5-9(10-8)14-15(11,12)13/h2-5,10H,1H3,(H,11,12,13). The highest BCUT2D eigenvalue weighted by Crippen LogP contribution is 2.22. The van der Waals surface area contributed by atoms with Gasteiger partial charge in [-0.2, -0.15) is 8.42 Å². The van der Waals surface area contributed by atoms with Crippen LogP contribution >= 0.6 is 0 Å². The number of fused-ring (bicyclic) bond motifs is 1. The third-order valence-electron chi connectivity index (χ3n) is 1.95. The van der Waals surface area contributed by atoms with Crippen LogP contribution in [0.25, 0.3) is 10.9 Å². The third kappa shape index (κ3) is 2.28. The number of hydrogen-bond donors (Lipinski definition) is 2. The minimum atomic E-state index is -4.47. The highest BCUT2D eigenvalue weighted by atomic mass is 32.3. The minimum Gasteiger partial charge on any atom is -0.343 e. The fourth-order valence-electron chi connectivity index (χ4n) is 1.38. The molecular weight excluding hydrogens is 218 g/mol. The molecule has 0 atom stereocenters. The Labute approximate surface area is 86.6 Å². The first kappa shape index (κ1) is 10.0. The second-order valence-corrected chi connectivity index (χ2v) is 4.26. The molecule has 1 aromatic heterocycles. The van der Waals surface area contributed by atoms with E-state index in [1.54, 1.807) is 0 Å². The molecule has 0 unspecified atom stereocenters. The van der Waals surface area contributed by atoms with Gasteiger partial charge in [0.05, 0.1) is 0 Å². The van der Waals surface area contributed by atoms with Gasteiger partial charge in [0, 0.05) is 17.0 Å². The summed E-state index contributed by atoms with van der Waals surface area (Å²) in [5.41, 5.74) is 1.80. The van der Waals surface area contributed by atoms with Crippen LogP contribution in [0.3, 0.4) is 0 Å². The molecule has 2 rings (SSSR count). The van der Waals surface area contributed by atoms with Gasteiger partial charge in [-0.15, -0.1) is 0 Å². The van der Waals surface area contributed by atoms with E-state index >= 15 is 0 Å². The van der Waals surface area contributed by atoms with Gasteiger partial charge in [-0.25, -0.2) is 0 Å². The molecule has 2 N–H and O–H groups in total. The summed E-state index contributed by atoms with van der Waals surface area (Å²) in [7, 11) is -4.47. The molecule has 15 heavy (non-hydrogen) atoms. The molecule has 1 aromatic carbocycles. The summed E-state index contributed by atoms with van der Waals surface area (Å²) in [6.45, 7) is 1.93. The molecule has 0 saturated heterocycles. The Morgan fingerprint density at radius 3 is 2.73 bits per heavy atom. The zero-order valence-electron chi connectivity index (χ0n) is 7.89. The lowest BCUT2D eigenvalue weighted by atomic mass is 10.2. The Balaban J connectivity index is 2.48. The molecule has 0 bridgehead atoms. The Morgan fingerprint density at radius 1 is 1.33 bits per heavy atom. The lowest BCUT2D eigenvalue weighted by Crippen LogP contribution is -2.06. The minimum absolute atomic E-state index is 0.00176. The fraction of sp³-hybridized carbons (Fsp3) is 0.111. The predicted molar refractivity (Wildman–Crippen MR) is 55.2 cm³/mol. The molecule has 0 amide bonds. The summed E-state index contributed by atoms with van der Waals surface area (Å²) in [4.78, 5) is 2.72. The van der Waals surface area contributed by atoms with E-state index < -0.39 is 10.4 Å². The third-order valence-corrected chi connectivity index (χ3v) is 2.34. The number of benzene rings is 1. The van der Waals surface area contributed by atoms with Crippen LogP contribution in [0.5, 0.6) is 5.88 Å². The van der Waals surface area contributed by atoms with Gasteiger partial charge < -0.3 is 9.17 Å². The van der Waals surface area contributed by atoms with Gasteiger partial charge in [-0.3, -0.25) is 4.55 Å². The SMILES string of the molecule is Cc1ccc2[nH]c(OS(=O)(=O)O)cc2c1. The van der Waals surface area contributed by atoms with E-state index in [1.165, 1.54) is 6.07 Å². The molecule has 0 aliphatic heterocycles. The summed E-state index contributed by atoms with van der Waals surface area (Å²) < 4.78 is 33.7. The first-order valence-electron chi connectivity index (χ1n) is 4.20. The van der Waals surface area contributed by atoms with Crippen LogP contribution in [0.4, 0.5) is 0 Å². The molecule has 5 nitrogen and oxygen atoms in total. The molecule has 0 radical (unpaired) electrons. The molecule has 1 heterocycles. The van der Waals surface area contributed by atoms with E-state index in [0.29, 0.717) is 0 Å². The zero-order valence-corrected chi connectivity index (χ0v) is 8.71. The lowest BCUT2D eigenvalue weighted by Gasteiger charge is -1.94. The number of rotatable bonds is 2. The molecule has 0 spiro atoms. The topological polar surface area (TPSA) is 79.4 Å².